The zero-order valence-corrected chi connectivity index (χ0v) is 17.0. The van der Waals surface area contributed by atoms with Crippen molar-refractivity contribution in [2.45, 2.75) is 37.5 Å². The van der Waals surface area contributed by atoms with Crippen molar-refractivity contribution in [3.63, 3.8) is 0 Å². The standard InChI is InChI=1S/C20H21NO7S/c1-20(2,3)12-6-7-14(13(9-12)19(24)25)29(26,27)28-21-17(22)15-10-4-5-11(8-10)16(15)18(21)23/h4-7,9-11,15-16H,8H2,1-3H3,(H,24,25). The average Bonchev–Trinajstić information content (AvgIpc) is 3.30. The Labute approximate surface area is 168 Å². The largest absolute Gasteiger partial charge is 0.478 e. The average molecular weight is 419 g/mol. The van der Waals surface area contributed by atoms with Gasteiger partial charge < -0.3 is 5.11 Å². The molecular formula is C20H21NO7S. The maximum Gasteiger partial charge on any atom is 0.337 e. The summed E-state index contributed by atoms with van der Waals surface area (Å²) in [6, 6.07) is 3.90. The minimum Gasteiger partial charge on any atom is -0.478 e. The first-order chi connectivity index (χ1) is 13.4. The lowest BCUT2D eigenvalue weighted by molar-refractivity contribution is -0.166. The van der Waals surface area contributed by atoms with E-state index in [1.807, 2.05) is 32.9 Å². The van der Waals surface area contributed by atoms with Crippen LogP contribution in [0.4, 0.5) is 0 Å². The summed E-state index contributed by atoms with van der Waals surface area (Å²) in [5.74, 6) is -4.26. The molecule has 154 valence electrons. The fraction of sp³-hybridized carbons (Fsp3) is 0.450. The Hall–Kier alpha value is -2.52. The van der Waals surface area contributed by atoms with Crippen molar-refractivity contribution < 1.29 is 32.2 Å². The molecule has 29 heavy (non-hydrogen) atoms. The number of hydrogen-bond acceptors (Lipinski definition) is 6. The van der Waals surface area contributed by atoms with E-state index in [0.29, 0.717) is 17.0 Å². The third kappa shape index (κ3) is 3.00. The molecule has 2 aliphatic carbocycles. The Morgan fingerprint density at radius 3 is 2.14 bits per heavy atom. The number of rotatable bonds is 4. The summed E-state index contributed by atoms with van der Waals surface area (Å²) in [5, 5.41) is 9.82. The predicted molar refractivity (Wildman–Crippen MR) is 99.9 cm³/mol. The lowest BCUT2D eigenvalue weighted by Gasteiger charge is -2.21. The highest BCUT2D eigenvalue weighted by Gasteiger charge is 2.61. The molecule has 8 nitrogen and oxygen atoms in total. The van der Waals surface area contributed by atoms with Crippen molar-refractivity contribution in [3.05, 3.63) is 41.5 Å². The first-order valence-corrected chi connectivity index (χ1v) is 10.7. The molecule has 1 N–H and O–H groups in total. The zero-order chi connectivity index (χ0) is 21.3. The summed E-state index contributed by atoms with van der Waals surface area (Å²) >= 11 is 0. The molecule has 2 amide bonds. The molecule has 3 aliphatic rings. The SMILES string of the molecule is CC(C)(C)c1ccc(S(=O)(=O)ON2C(=O)C3C4C=CC(C4)C3C2=O)c(C(=O)O)c1. The number of fused-ring (bicyclic) bond motifs is 5. The van der Waals surface area contributed by atoms with Gasteiger partial charge in [-0.1, -0.05) is 39.0 Å². The maximum atomic E-state index is 12.8. The molecule has 1 heterocycles. The summed E-state index contributed by atoms with van der Waals surface area (Å²) in [6.07, 6.45) is 4.45. The molecule has 2 fully saturated rings. The van der Waals surface area contributed by atoms with E-state index in [1.54, 1.807) is 0 Å². The van der Waals surface area contributed by atoms with Gasteiger partial charge in [-0.15, -0.1) is 9.35 Å². The molecule has 0 aromatic heterocycles. The monoisotopic (exact) mass is 419 g/mol. The number of hydroxylamine groups is 2. The molecule has 1 aliphatic heterocycles. The quantitative estimate of drug-likeness (QED) is 0.586. The molecule has 1 aromatic rings. The fourth-order valence-electron chi connectivity index (χ4n) is 4.47. The van der Waals surface area contributed by atoms with Crippen molar-refractivity contribution in [2.75, 3.05) is 0 Å². The summed E-state index contributed by atoms with van der Waals surface area (Å²) in [6.45, 7) is 5.59. The fourth-order valence-corrected chi connectivity index (χ4v) is 5.54. The number of benzene rings is 1. The number of carboxylic acids is 1. The lowest BCUT2D eigenvalue weighted by Crippen LogP contribution is -2.35. The second kappa shape index (κ2) is 6.24. The van der Waals surface area contributed by atoms with Crippen LogP contribution in [-0.4, -0.2) is 36.4 Å². The van der Waals surface area contributed by atoms with Crippen LogP contribution in [-0.2, 0) is 29.4 Å². The van der Waals surface area contributed by atoms with E-state index in [-0.39, 0.29) is 11.8 Å². The van der Waals surface area contributed by atoms with Crippen molar-refractivity contribution in [3.8, 4) is 0 Å². The van der Waals surface area contributed by atoms with Crippen LogP contribution in [0.15, 0.2) is 35.2 Å². The Bertz CT molecular complexity index is 1040. The van der Waals surface area contributed by atoms with Crippen molar-refractivity contribution >= 4 is 27.9 Å². The van der Waals surface area contributed by atoms with Gasteiger partial charge in [0.15, 0.2) is 0 Å². The lowest BCUT2D eigenvalue weighted by atomic mass is 9.85. The highest BCUT2D eigenvalue weighted by molar-refractivity contribution is 7.86. The Morgan fingerprint density at radius 2 is 1.66 bits per heavy atom. The first-order valence-electron chi connectivity index (χ1n) is 9.30. The molecule has 1 saturated heterocycles. The van der Waals surface area contributed by atoms with E-state index >= 15 is 0 Å². The van der Waals surface area contributed by atoms with Gasteiger partial charge in [-0.2, -0.15) is 8.42 Å². The van der Waals surface area contributed by atoms with Gasteiger partial charge in [0.2, 0.25) is 0 Å². The van der Waals surface area contributed by atoms with Gasteiger partial charge in [-0.3, -0.25) is 9.59 Å². The van der Waals surface area contributed by atoms with E-state index in [0.717, 1.165) is 6.07 Å². The van der Waals surface area contributed by atoms with Gasteiger partial charge in [0.25, 0.3) is 11.8 Å². The van der Waals surface area contributed by atoms with Crippen LogP contribution in [0.1, 0.15) is 43.1 Å². The molecule has 0 spiro atoms. The second-order valence-corrected chi connectivity index (χ2v) is 10.3. The highest BCUT2D eigenvalue weighted by Crippen LogP contribution is 2.52. The van der Waals surface area contributed by atoms with Gasteiger partial charge >= 0.3 is 16.1 Å². The number of allylic oxidation sites excluding steroid dienone is 2. The third-order valence-electron chi connectivity index (χ3n) is 5.95. The Kier molecular flexibility index (Phi) is 4.25. The zero-order valence-electron chi connectivity index (χ0n) is 16.2. The Balaban J connectivity index is 1.67. The first kappa shape index (κ1) is 19.8. The molecule has 1 aromatic carbocycles. The van der Waals surface area contributed by atoms with E-state index in [1.165, 1.54) is 12.1 Å². The molecule has 2 bridgehead atoms. The number of carbonyl (C=O) groups is 3. The maximum absolute atomic E-state index is 12.8. The van der Waals surface area contributed by atoms with Gasteiger partial charge in [0.05, 0.1) is 17.4 Å². The minimum atomic E-state index is -4.71. The van der Waals surface area contributed by atoms with Crippen LogP contribution in [0.5, 0.6) is 0 Å². The highest BCUT2D eigenvalue weighted by atomic mass is 32.2. The van der Waals surface area contributed by atoms with Crippen LogP contribution < -0.4 is 0 Å². The summed E-state index contributed by atoms with van der Waals surface area (Å²) in [4.78, 5) is 36.4. The normalized spacial score (nSPS) is 28.3. The number of hydrogen-bond donors (Lipinski definition) is 1. The summed E-state index contributed by atoms with van der Waals surface area (Å²) in [7, 11) is -4.71. The molecule has 4 atom stereocenters. The van der Waals surface area contributed by atoms with E-state index in [4.69, 9.17) is 4.28 Å². The molecule has 4 rings (SSSR count). The van der Waals surface area contributed by atoms with Crippen molar-refractivity contribution in [1.29, 1.82) is 0 Å². The minimum absolute atomic E-state index is 0.0987. The smallest absolute Gasteiger partial charge is 0.337 e. The number of aromatic carboxylic acids is 1. The van der Waals surface area contributed by atoms with Gasteiger partial charge in [-0.05, 0) is 41.4 Å². The van der Waals surface area contributed by atoms with Crippen molar-refractivity contribution in [1.82, 2.24) is 5.06 Å². The van der Waals surface area contributed by atoms with E-state index in [9.17, 15) is 27.9 Å². The third-order valence-corrected chi connectivity index (χ3v) is 7.19. The van der Waals surface area contributed by atoms with Gasteiger partial charge in [0.1, 0.15) is 4.90 Å². The van der Waals surface area contributed by atoms with Crippen LogP contribution in [0.3, 0.4) is 0 Å². The molecule has 0 radical (unpaired) electrons. The van der Waals surface area contributed by atoms with Crippen LogP contribution in [0, 0.1) is 23.7 Å². The predicted octanol–water partition coefficient (Wildman–Crippen LogP) is 2.11. The summed E-state index contributed by atoms with van der Waals surface area (Å²) < 4.78 is 30.5. The van der Waals surface area contributed by atoms with Crippen LogP contribution in [0.25, 0.3) is 0 Å². The Morgan fingerprint density at radius 1 is 1.10 bits per heavy atom. The van der Waals surface area contributed by atoms with E-state index < -0.39 is 55.6 Å². The molecule has 1 saturated carbocycles. The second-order valence-electron chi connectivity index (χ2n) is 8.77. The van der Waals surface area contributed by atoms with Crippen molar-refractivity contribution in [2.24, 2.45) is 23.7 Å². The van der Waals surface area contributed by atoms with Crippen LogP contribution >= 0.6 is 0 Å². The number of nitrogens with zero attached hydrogens (tertiary/aromatic N) is 1. The molecular weight excluding hydrogens is 398 g/mol. The molecule has 9 heteroatoms. The number of amides is 2. The number of carbonyl (C=O) groups excluding carboxylic acids is 2. The topological polar surface area (TPSA) is 118 Å². The number of imide groups is 1. The summed E-state index contributed by atoms with van der Waals surface area (Å²) in [5.41, 5.74) is -0.254. The van der Waals surface area contributed by atoms with Gasteiger partial charge in [0, 0.05) is 0 Å². The molecule has 4 unspecified atom stereocenters. The van der Waals surface area contributed by atoms with Gasteiger partial charge in [-0.25, -0.2) is 4.79 Å². The van der Waals surface area contributed by atoms with Crippen LogP contribution in [0.2, 0.25) is 0 Å². The number of carboxylic acid groups (broad SMARTS) is 1. The van der Waals surface area contributed by atoms with E-state index in [2.05, 4.69) is 0 Å².